The molecule has 1 aromatic carbocycles. The molecule has 0 bridgehead atoms. The minimum absolute atomic E-state index is 0.0698. The first-order chi connectivity index (χ1) is 9.26. The number of halogens is 1. The number of hydrogen-bond donors (Lipinski definition) is 1. The van der Waals surface area contributed by atoms with Gasteiger partial charge in [0, 0.05) is 0 Å². The third-order valence-electron chi connectivity index (χ3n) is 2.45. The molecule has 0 saturated heterocycles. The molecular formula is C12H6ClN5O. The van der Waals surface area contributed by atoms with Crippen molar-refractivity contribution in [2.75, 3.05) is 0 Å². The van der Waals surface area contributed by atoms with Crippen molar-refractivity contribution in [2.24, 2.45) is 0 Å². The van der Waals surface area contributed by atoms with E-state index in [1.165, 1.54) is 0 Å². The highest BCUT2D eigenvalue weighted by Gasteiger charge is 2.10. The molecule has 19 heavy (non-hydrogen) atoms. The van der Waals surface area contributed by atoms with Gasteiger partial charge in [0.1, 0.15) is 11.1 Å². The molecule has 0 aliphatic rings. The molecule has 3 rings (SSSR count). The lowest BCUT2D eigenvalue weighted by Crippen LogP contribution is -1.92. The lowest BCUT2D eigenvalue weighted by molar-refractivity contribution is 0.468. The van der Waals surface area contributed by atoms with Gasteiger partial charge in [0.25, 0.3) is 0 Å². The summed E-state index contributed by atoms with van der Waals surface area (Å²) in [4.78, 5) is 8.00. The van der Waals surface area contributed by atoms with E-state index >= 15 is 0 Å². The average molecular weight is 272 g/mol. The number of nitrogens with one attached hydrogen (secondary N) is 1. The van der Waals surface area contributed by atoms with Crippen LogP contribution in [0.2, 0.25) is 5.28 Å². The molecule has 0 saturated carbocycles. The quantitative estimate of drug-likeness (QED) is 0.724. The van der Waals surface area contributed by atoms with Crippen molar-refractivity contribution >= 4 is 22.6 Å². The van der Waals surface area contributed by atoms with Gasteiger partial charge in [-0.2, -0.15) is 20.3 Å². The second-order valence-electron chi connectivity index (χ2n) is 3.67. The summed E-state index contributed by atoms with van der Waals surface area (Å²) in [5.74, 6) is 0.865. The molecule has 0 radical (unpaired) electrons. The van der Waals surface area contributed by atoms with E-state index < -0.39 is 0 Å². The minimum atomic E-state index is 0.0698. The van der Waals surface area contributed by atoms with Gasteiger partial charge in [0.15, 0.2) is 5.65 Å². The van der Waals surface area contributed by atoms with Crippen LogP contribution in [0, 0.1) is 11.3 Å². The molecule has 0 aliphatic carbocycles. The zero-order valence-corrected chi connectivity index (χ0v) is 10.2. The lowest BCUT2D eigenvalue weighted by atomic mass is 10.2. The maximum Gasteiger partial charge on any atom is 0.234 e. The highest BCUT2D eigenvalue weighted by molar-refractivity contribution is 6.28. The van der Waals surface area contributed by atoms with E-state index in [2.05, 4.69) is 20.2 Å². The van der Waals surface area contributed by atoms with Gasteiger partial charge in [-0.05, 0) is 35.9 Å². The SMILES string of the molecule is N#Cc1ccc(Oc2nc(Cl)nc3[nH]ncc23)cc1. The highest BCUT2D eigenvalue weighted by atomic mass is 35.5. The van der Waals surface area contributed by atoms with Crippen LogP contribution >= 0.6 is 11.6 Å². The summed E-state index contributed by atoms with van der Waals surface area (Å²) in [5, 5.41) is 16.0. The van der Waals surface area contributed by atoms with Crippen molar-refractivity contribution in [1.82, 2.24) is 20.2 Å². The number of aromatic amines is 1. The van der Waals surface area contributed by atoms with Crippen LogP contribution in [0.15, 0.2) is 30.5 Å². The average Bonchev–Trinajstić information content (AvgIpc) is 2.88. The Balaban J connectivity index is 2.00. The predicted octanol–water partition coefficient (Wildman–Crippen LogP) is 2.67. The van der Waals surface area contributed by atoms with Crippen LogP contribution in [0.1, 0.15) is 5.56 Å². The molecule has 7 heteroatoms. The number of nitrogens with zero attached hydrogens (tertiary/aromatic N) is 4. The van der Waals surface area contributed by atoms with Crippen LogP contribution in [0.3, 0.4) is 0 Å². The third-order valence-corrected chi connectivity index (χ3v) is 2.61. The van der Waals surface area contributed by atoms with Crippen molar-refractivity contribution < 1.29 is 4.74 Å². The highest BCUT2D eigenvalue weighted by Crippen LogP contribution is 2.27. The molecule has 0 fully saturated rings. The standard InChI is InChI=1S/C12H6ClN5O/c13-12-16-10-9(6-15-18-10)11(17-12)19-8-3-1-7(5-14)2-4-8/h1-4,6H,(H,15,16,17,18). The Morgan fingerprint density at radius 1 is 1.21 bits per heavy atom. The molecule has 2 aromatic heterocycles. The van der Waals surface area contributed by atoms with Gasteiger partial charge in [0.2, 0.25) is 11.2 Å². The second kappa shape index (κ2) is 4.55. The van der Waals surface area contributed by atoms with E-state index in [-0.39, 0.29) is 5.28 Å². The Morgan fingerprint density at radius 2 is 2.00 bits per heavy atom. The fourth-order valence-electron chi connectivity index (χ4n) is 1.57. The summed E-state index contributed by atoms with van der Waals surface area (Å²) in [6, 6.07) is 8.71. The van der Waals surface area contributed by atoms with E-state index in [0.717, 1.165) is 0 Å². The molecular weight excluding hydrogens is 266 g/mol. The van der Waals surface area contributed by atoms with E-state index in [1.54, 1.807) is 30.5 Å². The largest absolute Gasteiger partial charge is 0.438 e. The minimum Gasteiger partial charge on any atom is -0.438 e. The molecule has 3 aromatic rings. The molecule has 0 unspecified atom stereocenters. The van der Waals surface area contributed by atoms with Gasteiger partial charge in [-0.15, -0.1) is 0 Å². The third kappa shape index (κ3) is 2.19. The predicted molar refractivity (Wildman–Crippen MR) is 67.9 cm³/mol. The van der Waals surface area contributed by atoms with Gasteiger partial charge >= 0.3 is 0 Å². The van der Waals surface area contributed by atoms with E-state index in [9.17, 15) is 0 Å². The summed E-state index contributed by atoms with van der Waals surface area (Å²) in [6.45, 7) is 0. The maximum atomic E-state index is 8.73. The molecule has 0 spiro atoms. The molecule has 0 aliphatic heterocycles. The first-order valence-corrected chi connectivity index (χ1v) is 5.69. The number of hydrogen-bond acceptors (Lipinski definition) is 5. The van der Waals surface area contributed by atoms with E-state index in [1.807, 2.05) is 6.07 Å². The van der Waals surface area contributed by atoms with E-state index in [4.69, 9.17) is 21.6 Å². The smallest absolute Gasteiger partial charge is 0.234 e. The Kier molecular flexibility index (Phi) is 2.74. The molecule has 0 atom stereocenters. The van der Waals surface area contributed by atoms with Crippen molar-refractivity contribution in [3.8, 4) is 17.7 Å². The summed E-state index contributed by atoms with van der Waals surface area (Å²) >= 11 is 5.80. The Labute approximate surface area is 112 Å². The lowest BCUT2D eigenvalue weighted by Gasteiger charge is -2.05. The molecule has 6 nitrogen and oxygen atoms in total. The number of aromatic nitrogens is 4. The zero-order chi connectivity index (χ0) is 13.2. The zero-order valence-electron chi connectivity index (χ0n) is 9.46. The number of benzene rings is 1. The maximum absolute atomic E-state index is 8.73. The fourth-order valence-corrected chi connectivity index (χ4v) is 1.73. The Hall–Kier alpha value is -2.65. The van der Waals surface area contributed by atoms with Gasteiger partial charge in [-0.1, -0.05) is 0 Å². The van der Waals surface area contributed by atoms with Gasteiger partial charge in [-0.25, -0.2) is 0 Å². The van der Waals surface area contributed by atoms with Crippen molar-refractivity contribution in [3.63, 3.8) is 0 Å². The fraction of sp³-hybridized carbons (Fsp3) is 0. The first kappa shape index (κ1) is 11.4. The van der Waals surface area contributed by atoms with Crippen LogP contribution in [-0.2, 0) is 0 Å². The van der Waals surface area contributed by atoms with Crippen LogP contribution in [0.4, 0.5) is 0 Å². The Bertz CT molecular complexity index is 775. The topological polar surface area (TPSA) is 87.5 Å². The van der Waals surface area contributed by atoms with Crippen LogP contribution in [0.25, 0.3) is 11.0 Å². The van der Waals surface area contributed by atoms with E-state index in [0.29, 0.717) is 28.2 Å². The van der Waals surface area contributed by atoms with Crippen molar-refractivity contribution in [2.45, 2.75) is 0 Å². The van der Waals surface area contributed by atoms with Crippen molar-refractivity contribution in [3.05, 3.63) is 41.3 Å². The molecule has 0 amide bonds. The first-order valence-electron chi connectivity index (χ1n) is 5.31. The Morgan fingerprint density at radius 3 is 2.74 bits per heavy atom. The van der Waals surface area contributed by atoms with Gasteiger partial charge in [-0.3, -0.25) is 5.10 Å². The second-order valence-corrected chi connectivity index (χ2v) is 4.01. The van der Waals surface area contributed by atoms with Crippen LogP contribution in [0.5, 0.6) is 11.6 Å². The van der Waals surface area contributed by atoms with Crippen molar-refractivity contribution in [1.29, 1.82) is 5.26 Å². The van der Waals surface area contributed by atoms with Crippen LogP contribution in [-0.4, -0.2) is 20.2 Å². The summed E-state index contributed by atoms with van der Waals surface area (Å²) in [5.41, 5.74) is 1.06. The number of rotatable bonds is 2. The molecule has 92 valence electrons. The van der Waals surface area contributed by atoms with Gasteiger partial charge < -0.3 is 4.74 Å². The summed E-state index contributed by atoms with van der Waals surface area (Å²) < 4.78 is 5.63. The number of fused-ring (bicyclic) bond motifs is 1. The van der Waals surface area contributed by atoms with Gasteiger partial charge in [0.05, 0.1) is 17.8 Å². The van der Waals surface area contributed by atoms with Crippen LogP contribution < -0.4 is 4.74 Å². The summed E-state index contributed by atoms with van der Waals surface area (Å²) in [7, 11) is 0. The molecule has 1 N–H and O–H groups in total. The monoisotopic (exact) mass is 271 g/mol. The summed E-state index contributed by atoms with van der Waals surface area (Å²) in [6.07, 6.45) is 1.56. The number of nitriles is 1. The number of ether oxygens (including phenoxy) is 1. The normalized spacial score (nSPS) is 10.3. The number of H-pyrrole nitrogens is 1. The molecule has 2 heterocycles.